The third-order valence-electron chi connectivity index (χ3n) is 5.41. The average Bonchev–Trinajstić information content (AvgIpc) is 3.24. The lowest BCUT2D eigenvalue weighted by molar-refractivity contribution is 0.198. The summed E-state index contributed by atoms with van der Waals surface area (Å²) in [5, 5.41) is 16.0. The predicted octanol–water partition coefficient (Wildman–Crippen LogP) is 3.87. The van der Waals surface area contributed by atoms with Gasteiger partial charge in [0.25, 0.3) is 0 Å². The first kappa shape index (κ1) is 23.3. The summed E-state index contributed by atoms with van der Waals surface area (Å²) < 4.78 is 11.9. The van der Waals surface area contributed by atoms with Crippen LogP contribution in [0.2, 0.25) is 0 Å². The third-order valence-corrected chi connectivity index (χ3v) is 5.41. The Balaban J connectivity index is 2.08. The molecule has 1 aromatic rings. The highest BCUT2D eigenvalue weighted by Gasteiger charge is 2.20. The van der Waals surface area contributed by atoms with E-state index in [1.165, 1.54) is 12.8 Å². The number of nitrogens with one attached hydrogen (secondary N) is 2. The highest BCUT2D eigenvalue weighted by Crippen LogP contribution is 2.35. The zero-order valence-corrected chi connectivity index (χ0v) is 18.4. The molecule has 0 aliphatic heterocycles. The lowest BCUT2D eigenvalue weighted by Gasteiger charge is -2.20. The summed E-state index contributed by atoms with van der Waals surface area (Å²) in [4.78, 5) is 4.78. The molecule has 3 N–H and O–H groups in total. The molecule has 0 bridgehead atoms. The van der Waals surface area contributed by atoms with Crippen LogP contribution in [0.15, 0.2) is 23.2 Å². The normalized spacial score (nSPS) is 15.9. The maximum atomic E-state index is 9.28. The van der Waals surface area contributed by atoms with E-state index in [1.54, 1.807) is 7.11 Å². The minimum Gasteiger partial charge on any atom is -0.493 e. The molecule has 0 spiro atoms. The molecular weight excluding hydrogens is 366 g/mol. The summed E-state index contributed by atoms with van der Waals surface area (Å²) in [7, 11) is 1.69. The van der Waals surface area contributed by atoms with Crippen LogP contribution < -0.4 is 20.1 Å². The van der Waals surface area contributed by atoms with Crippen LogP contribution in [0.1, 0.15) is 64.4 Å². The Hall–Kier alpha value is -1.95. The van der Waals surface area contributed by atoms with Gasteiger partial charge in [-0.25, -0.2) is 4.99 Å². The van der Waals surface area contributed by atoms with Crippen molar-refractivity contribution < 1.29 is 14.6 Å². The molecule has 1 unspecified atom stereocenters. The van der Waals surface area contributed by atoms with Gasteiger partial charge >= 0.3 is 0 Å². The zero-order chi connectivity index (χ0) is 20.9. The van der Waals surface area contributed by atoms with E-state index in [1.807, 2.05) is 12.1 Å². The van der Waals surface area contributed by atoms with Crippen molar-refractivity contribution in [3.63, 3.8) is 0 Å². The van der Waals surface area contributed by atoms with E-state index in [2.05, 4.69) is 30.5 Å². The van der Waals surface area contributed by atoms with Crippen molar-refractivity contribution >= 4 is 5.96 Å². The van der Waals surface area contributed by atoms with E-state index in [9.17, 15) is 5.11 Å². The van der Waals surface area contributed by atoms with Gasteiger partial charge in [-0.15, -0.1) is 0 Å². The number of aliphatic hydroxyl groups excluding tert-OH is 1. The van der Waals surface area contributed by atoms with E-state index < -0.39 is 0 Å². The maximum absolute atomic E-state index is 9.28. The third kappa shape index (κ3) is 7.77. The number of hydrogen-bond donors (Lipinski definition) is 3. The molecule has 1 atom stereocenters. The van der Waals surface area contributed by atoms with Crippen molar-refractivity contribution in [3.05, 3.63) is 23.8 Å². The van der Waals surface area contributed by atoms with Crippen molar-refractivity contribution in [1.29, 1.82) is 0 Å². The molecule has 1 aromatic carbocycles. The van der Waals surface area contributed by atoms with Crippen LogP contribution in [0.4, 0.5) is 0 Å². The SMILES string of the molecule is CCCC(CCO)CNC(=NCc1cccc(OC)c1OC1CCCC1)NCC. The molecule has 29 heavy (non-hydrogen) atoms. The molecule has 1 aliphatic carbocycles. The summed E-state index contributed by atoms with van der Waals surface area (Å²) >= 11 is 0. The number of hydrogen-bond acceptors (Lipinski definition) is 4. The van der Waals surface area contributed by atoms with E-state index >= 15 is 0 Å². The lowest BCUT2D eigenvalue weighted by atomic mass is 10.0. The first-order valence-corrected chi connectivity index (χ1v) is 11.2. The zero-order valence-electron chi connectivity index (χ0n) is 18.4. The molecule has 0 radical (unpaired) electrons. The second-order valence-electron chi connectivity index (χ2n) is 7.72. The first-order chi connectivity index (χ1) is 14.2. The second kappa shape index (κ2) is 13.3. The molecule has 6 nitrogen and oxygen atoms in total. The Bertz CT molecular complexity index is 609. The van der Waals surface area contributed by atoms with Crippen molar-refractivity contribution in [1.82, 2.24) is 10.6 Å². The quantitative estimate of drug-likeness (QED) is 0.364. The Labute approximate surface area is 176 Å². The lowest BCUT2D eigenvalue weighted by Crippen LogP contribution is -2.40. The molecule has 2 rings (SSSR count). The number of methoxy groups -OCH3 is 1. The van der Waals surface area contributed by atoms with Gasteiger partial charge in [0.1, 0.15) is 0 Å². The number of benzene rings is 1. The number of para-hydroxylation sites is 1. The van der Waals surface area contributed by atoms with Crippen molar-refractivity contribution in [2.75, 3.05) is 26.8 Å². The highest BCUT2D eigenvalue weighted by atomic mass is 16.5. The van der Waals surface area contributed by atoms with Crippen molar-refractivity contribution in [2.45, 2.75) is 71.4 Å². The Morgan fingerprint density at radius 2 is 2.00 bits per heavy atom. The van der Waals surface area contributed by atoms with Gasteiger partial charge < -0.3 is 25.2 Å². The van der Waals surface area contributed by atoms with Crippen LogP contribution in [0.25, 0.3) is 0 Å². The molecule has 0 aromatic heterocycles. The fourth-order valence-electron chi connectivity index (χ4n) is 3.84. The van der Waals surface area contributed by atoms with Gasteiger partial charge in [0, 0.05) is 25.3 Å². The molecule has 0 amide bonds. The number of aliphatic imine (C=N–C) groups is 1. The summed E-state index contributed by atoms with van der Waals surface area (Å²) in [5.74, 6) is 2.84. The number of aliphatic hydroxyl groups is 1. The molecule has 1 fully saturated rings. The van der Waals surface area contributed by atoms with Crippen LogP contribution in [0.3, 0.4) is 0 Å². The van der Waals surface area contributed by atoms with Crippen molar-refractivity contribution in [2.24, 2.45) is 10.9 Å². The molecule has 1 aliphatic rings. The monoisotopic (exact) mass is 405 g/mol. The fourth-order valence-corrected chi connectivity index (χ4v) is 3.84. The van der Waals surface area contributed by atoms with Gasteiger partial charge in [0.05, 0.1) is 19.8 Å². The van der Waals surface area contributed by atoms with Gasteiger partial charge in [0.2, 0.25) is 0 Å². The minimum atomic E-state index is 0.228. The second-order valence-corrected chi connectivity index (χ2v) is 7.72. The molecular formula is C23H39N3O3. The predicted molar refractivity (Wildman–Crippen MR) is 119 cm³/mol. The van der Waals surface area contributed by atoms with E-state index in [0.29, 0.717) is 12.5 Å². The fraction of sp³-hybridized carbons (Fsp3) is 0.696. The van der Waals surface area contributed by atoms with Gasteiger partial charge in [-0.2, -0.15) is 0 Å². The largest absolute Gasteiger partial charge is 0.493 e. The molecule has 0 heterocycles. The summed E-state index contributed by atoms with van der Waals surface area (Å²) in [6.07, 6.45) is 7.98. The average molecular weight is 406 g/mol. The first-order valence-electron chi connectivity index (χ1n) is 11.2. The Morgan fingerprint density at radius 3 is 2.66 bits per heavy atom. The summed E-state index contributed by atoms with van der Waals surface area (Å²) in [5.41, 5.74) is 1.04. The summed E-state index contributed by atoms with van der Waals surface area (Å²) in [6.45, 7) is 6.60. The molecule has 6 heteroatoms. The molecule has 0 saturated heterocycles. The van der Waals surface area contributed by atoms with Crippen LogP contribution in [0.5, 0.6) is 11.5 Å². The van der Waals surface area contributed by atoms with Crippen LogP contribution in [0, 0.1) is 5.92 Å². The van der Waals surface area contributed by atoms with Crippen LogP contribution in [-0.2, 0) is 6.54 Å². The van der Waals surface area contributed by atoms with E-state index in [-0.39, 0.29) is 12.7 Å². The highest BCUT2D eigenvalue weighted by molar-refractivity contribution is 5.79. The Morgan fingerprint density at radius 1 is 1.21 bits per heavy atom. The molecule has 164 valence electrons. The van der Waals surface area contributed by atoms with Crippen LogP contribution >= 0.6 is 0 Å². The number of guanidine groups is 1. The number of nitrogens with zero attached hydrogens (tertiary/aromatic N) is 1. The standard InChI is InChI=1S/C23H39N3O3/c1-4-9-18(14-15-27)16-25-23(24-5-2)26-17-19-10-8-13-21(28-3)22(19)29-20-11-6-7-12-20/h8,10,13,18,20,27H,4-7,9,11-12,14-17H2,1-3H3,(H2,24,25,26). The Kier molecular flexibility index (Phi) is 10.7. The van der Waals surface area contributed by atoms with Gasteiger partial charge in [-0.1, -0.05) is 25.5 Å². The van der Waals surface area contributed by atoms with Crippen molar-refractivity contribution in [3.8, 4) is 11.5 Å². The van der Waals surface area contributed by atoms with E-state index in [4.69, 9.17) is 14.5 Å². The topological polar surface area (TPSA) is 75.1 Å². The summed E-state index contributed by atoms with van der Waals surface area (Å²) in [6, 6.07) is 6.00. The van der Waals surface area contributed by atoms with Crippen LogP contribution in [-0.4, -0.2) is 44.0 Å². The molecule has 1 saturated carbocycles. The van der Waals surface area contributed by atoms with Gasteiger partial charge in [-0.05, 0) is 57.4 Å². The van der Waals surface area contributed by atoms with Gasteiger partial charge in [-0.3, -0.25) is 0 Å². The van der Waals surface area contributed by atoms with E-state index in [0.717, 1.165) is 68.2 Å². The maximum Gasteiger partial charge on any atom is 0.191 e. The van der Waals surface area contributed by atoms with Gasteiger partial charge in [0.15, 0.2) is 17.5 Å². The number of rotatable bonds is 12. The smallest absolute Gasteiger partial charge is 0.191 e. The number of ether oxygens (including phenoxy) is 2. The minimum absolute atomic E-state index is 0.228.